The number of rotatable bonds is 6. The van der Waals surface area contributed by atoms with Gasteiger partial charge in [-0.05, 0) is 38.1 Å². The molecular weight excluding hydrogens is 432 g/mol. The van der Waals surface area contributed by atoms with Crippen LogP contribution in [-0.2, 0) is 6.42 Å². The van der Waals surface area contributed by atoms with Crippen LogP contribution in [0.3, 0.4) is 0 Å². The van der Waals surface area contributed by atoms with Crippen molar-refractivity contribution in [1.29, 1.82) is 5.26 Å². The molecule has 0 aliphatic carbocycles. The molecule has 0 saturated carbocycles. The fraction of sp³-hybridized carbons (Fsp3) is 0.250. The zero-order chi connectivity index (χ0) is 25.7. The quantitative estimate of drug-likeness (QED) is 0.287. The van der Waals surface area contributed by atoms with Gasteiger partial charge in [-0.2, -0.15) is 5.26 Å². The van der Waals surface area contributed by atoms with Crippen LogP contribution in [0.4, 0.5) is 8.78 Å². The van der Waals surface area contributed by atoms with E-state index in [1.165, 1.54) is 24.6 Å². The second-order valence-corrected chi connectivity index (χ2v) is 7.53. The molecule has 0 bridgehead atoms. The highest BCUT2D eigenvalue weighted by molar-refractivity contribution is 5.86. The molecule has 0 atom stereocenters. The fourth-order valence-corrected chi connectivity index (χ4v) is 2.97. The summed E-state index contributed by atoms with van der Waals surface area (Å²) in [5.74, 6) is -0.956. The average molecular weight is 466 g/mol. The van der Waals surface area contributed by atoms with E-state index in [0.29, 0.717) is 17.5 Å². The number of likely N-dealkylation sites (N-methyl/N-ethyl adjacent to an activating group) is 1. The predicted octanol–water partition coefficient (Wildman–Crippen LogP) is 7.94. The summed E-state index contributed by atoms with van der Waals surface area (Å²) in [6.07, 6.45) is 7.29. The van der Waals surface area contributed by atoms with E-state index >= 15 is 0 Å². The van der Waals surface area contributed by atoms with Gasteiger partial charge in [0.15, 0.2) is 11.6 Å². The monoisotopic (exact) mass is 465 g/mol. The van der Waals surface area contributed by atoms with E-state index in [9.17, 15) is 8.78 Å². The smallest absolute Gasteiger partial charge is 0.168 e. The maximum Gasteiger partial charge on any atom is 0.168 e. The Bertz CT molecular complexity index is 1180. The van der Waals surface area contributed by atoms with Gasteiger partial charge in [0.05, 0.1) is 5.56 Å². The maximum absolute atomic E-state index is 14.9. The number of nitrogens with one attached hydrogen (secondary N) is 2. The highest BCUT2D eigenvalue weighted by atomic mass is 19.1. The number of hydrogen-bond acceptors (Lipinski definition) is 3. The van der Waals surface area contributed by atoms with Crippen LogP contribution < -0.4 is 10.1 Å². The Hall–Kier alpha value is -3.85. The topological polar surface area (TPSA) is 60.8 Å². The first kappa shape index (κ1) is 28.2. The number of ether oxygens (including phenoxy) is 1. The molecule has 34 heavy (non-hydrogen) atoms. The number of aromatic amines is 1. The summed E-state index contributed by atoms with van der Waals surface area (Å²) >= 11 is 0. The molecule has 2 aromatic carbocycles. The molecule has 3 aromatic rings. The van der Waals surface area contributed by atoms with Crippen molar-refractivity contribution in [3.05, 3.63) is 95.9 Å². The van der Waals surface area contributed by atoms with E-state index in [1.54, 1.807) is 19.3 Å². The minimum absolute atomic E-state index is 0.0472. The number of aromatic nitrogens is 1. The number of fused-ring (bicyclic) bond motifs is 1. The van der Waals surface area contributed by atoms with Gasteiger partial charge in [0.25, 0.3) is 0 Å². The summed E-state index contributed by atoms with van der Waals surface area (Å²) < 4.78 is 34.4. The van der Waals surface area contributed by atoms with Gasteiger partial charge < -0.3 is 15.0 Å². The normalized spacial score (nSPS) is 10.2. The van der Waals surface area contributed by atoms with Gasteiger partial charge in [0, 0.05) is 54.0 Å². The van der Waals surface area contributed by atoms with Gasteiger partial charge in [-0.1, -0.05) is 31.9 Å². The number of hydrogen-bond donors (Lipinski definition) is 2. The number of allylic oxidation sites excluding steroid dienone is 4. The molecule has 0 amide bonds. The van der Waals surface area contributed by atoms with Gasteiger partial charge in [0.1, 0.15) is 17.6 Å². The lowest BCUT2D eigenvalue weighted by atomic mass is 10.0. The van der Waals surface area contributed by atoms with Crippen molar-refractivity contribution < 1.29 is 13.5 Å². The van der Waals surface area contributed by atoms with Crippen LogP contribution in [0.15, 0.2) is 73.1 Å². The average Bonchev–Trinajstić information content (AvgIpc) is 3.29. The van der Waals surface area contributed by atoms with Crippen molar-refractivity contribution >= 4 is 10.9 Å². The zero-order valence-electron chi connectivity index (χ0n) is 20.6. The summed E-state index contributed by atoms with van der Waals surface area (Å²) in [4.78, 5) is 3.02. The van der Waals surface area contributed by atoms with Crippen molar-refractivity contribution in [1.82, 2.24) is 10.3 Å². The van der Waals surface area contributed by atoms with E-state index in [1.807, 2.05) is 32.1 Å². The second-order valence-electron chi connectivity index (χ2n) is 7.53. The highest BCUT2D eigenvalue weighted by Crippen LogP contribution is 2.36. The summed E-state index contributed by atoms with van der Waals surface area (Å²) in [6.45, 7) is 14.2. The predicted molar refractivity (Wildman–Crippen MR) is 137 cm³/mol. The highest BCUT2D eigenvalue weighted by Gasteiger charge is 2.18. The molecule has 0 aliphatic heterocycles. The summed E-state index contributed by atoms with van der Waals surface area (Å²) in [5, 5.41) is 13.0. The zero-order valence-corrected chi connectivity index (χ0v) is 20.6. The summed E-state index contributed by atoms with van der Waals surface area (Å²) in [5.41, 5.74) is 3.15. The molecule has 6 heteroatoms. The molecule has 2 N–H and O–H groups in total. The molecule has 4 nitrogen and oxygen atoms in total. The van der Waals surface area contributed by atoms with Crippen LogP contribution in [0.1, 0.15) is 45.2 Å². The van der Waals surface area contributed by atoms with Crippen LogP contribution in [0.2, 0.25) is 0 Å². The molecule has 0 radical (unpaired) electrons. The van der Waals surface area contributed by atoms with E-state index < -0.39 is 11.6 Å². The molecular formula is C28H33F2N3O. The molecule has 1 heterocycles. The molecule has 0 saturated heterocycles. The number of nitrogens with zero attached hydrogens (tertiary/aromatic N) is 1. The van der Waals surface area contributed by atoms with Gasteiger partial charge in [-0.3, -0.25) is 0 Å². The van der Waals surface area contributed by atoms with E-state index in [4.69, 9.17) is 10.00 Å². The molecule has 3 rings (SSSR count). The standard InChI is InChI=1S/C23H21F2N3O.C3H8.C2H4/c1-14(2)4-5-16(27-3)11-19-18-8-9-28-22(18)12-21(25)23(19)29-17-6-7-20(24)15(10-17)13-26;1-3-2;1-2/h4-10,12,27-28H,11H2,1-3H3;3H2,1-2H3;1-2H2/b16-5-;;. The Balaban J connectivity index is 0.00000107. The van der Waals surface area contributed by atoms with Crippen molar-refractivity contribution in [3.63, 3.8) is 0 Å². The van der Waals surface area contributed by atoms with Crippen LogP contribution >= 0.6 is 0 Å². The second kappa shape index (κ2) is 14.3. The van der Waals surface area contributed by atoms with E-state index in [0.717, 1.165) is 22.7 Å². The minimum atomic E-state index is -0.649. The number of halogens is 2. The van der Waals surface area contributed by atoms with E-state index in [2.05, 4.69) is 37.3 Å². The van der Waals surface area contributed by atoms with Gasteiger partial charge in [-0.25, -0.2) is 8.78 Å². The van der Waals surface area contributed by atoms with Crippen LogP contribution in [-0.4, -0.2) is 12.0 Å². The van der Waals surface area contributed by atoms with Crippen molar-refractivity contribution in [2.45, 2.75) is 40.5 Å². The first-order valence-corrected chi connectivity index (χ1v) is 11.0. The maximum atomic E-state index is 14.9. The van der Waals surface area contributed by atoms with Crippen LogP contribution in [0.25, 0.3) is 10.9 Å². The lowest BCUT2D eigenvalue weighted by Crippen LogP contribution is -2.10. The SMILES string of the molecule is C=C.CCC.CN/C(=C\C=C(C)C)Cc1c(Oc2ccc(F)c(C#N)c2)c(F)cc2[nH]ccc12. The third-order valence-electron chi connectivity index (χ3n) is 4.45. The minimum Gasteiger partial charge on any atom is -0.454 e. The van der Waals surface area contributed by atoms with Gasteiger partial charge in [-0.15, -0.1) is 13.2 Å². The van der Waals surface area contributed by atoms with Gasteiger partial charge >= 0.3 is 0 Å². The van der Waals surface area contributed by atoms with Crippen LogP contribution in [0.5, 0.6) is 11.5 Å². The number of benzene rings is 2. The largest absolute Gasteiger partial charge is 0.454 e. The molecule has 180 valence electrons. The van der Waals surface area contributed by atoms with Gasteiger partial charge in [0.2, 0.25) is 0 Å². The lowest BCUT2D eigenvalue weighted by molar-refractivity contribution is 0.437. The van der Waals surface area contributed by atoms with Crippen molar-refractivity contribution in [3.8, 4) is 17.6 Å². The Kier molecular flexibility index (Phi) is 11.9. The van der Waals surface area contributed by atoms with Crippen molar-refractivity contribution in [2.24, 2.45) is 0 Å². The Morgan fingerprint density at radius 2 is 1.79 bits per heavy atom. The molecule has 0 aliphatic rings. The van der Waals surface area contributed by atoms with E-state index in [-0.39, 0.29) is 17.1 Å². The first-order chi connectivity index (χ1) is 16.3. The number of H-pyrrole nitrogens is 1. The molecule has 0 unspecified atom stereocenters. The lowest BCUT2D eigenvalue weighted by Gasteiger charge is -2.15. The molecule has 0 spiro atoms. The fourth-order valence-electron chi connectivity index (χ4n) is 2.97. The molecule has 0 fully saturated rings. The third kappa shape index (κ3) is 7.63. The summed E-state index contributed by atoms with van der Waals surface area (Å²) in [6, 6.07) is 8.75. The Morgan fingerprint density at radius 3 is 2.38 bits per heavy atom. The van der Waals surface area contributed by atoms with Crippen molar-refractivity contribution in [2.75, 3.05) is 7.05 Å². The first-order valence-electron chi connectivity index (χ1n) is 11.0. The Morgan fingerprint density at radius 1 is 1.12 bits per heavy atom. The Labute approximate surface area is 201 Å². The molecule has 1 aromatic heterocycles. The summed E-state index contributed by atoms with van der Waals surface area (Å²) in [7, 11) is 1.80. The number of nitriles is 1. The van der Waals surface area contributed by atoms with Crippen LogP contribution in [0, 0.1) is 23.0 Å². The third-order valence-corrected chi connectivity index (χ3v) is 4.45.